The van der Waals surface area contributed by atoms with Crippen molar-refractivity contribution in [3.8, 4) is 0 Å². The average Bonchev–Trinajstić information content (AvgIpc) is 3.35. The Balaban J connectivity index is 1.62. The second-order valence-corrected chi connectivity index (χ2v) is 13.4. The fourth-order valence-electron chi connectivity index (χ4n) is 4.59. The molecule has 0 bridgehead atoms. The molecule has 4 heterocycles. The first-order valence-electron chi connectivity index (χ1n) is 12.9. The molecule has 0 aliphatic carbocycles. The maximum Gasteiger partial charge on any atom is 0.532 e. The third kappa shape index (κ3) is 3.83. The molecule has 7 nitrogen and oxygen atoms in total. The van der Waals surface area contributed by atoms with Gasteiger partial charge in [0.05, 0.1) is 33.6 Å². The molecule has 0 saturated carbocycles. The van der Waals surface area contributed by atoms with Crippen molar-refractivity contribution in [2.75, 3.05) is 0 Å². The maximum atomic E-state index is 6.50. The van der Waals surface area contributed by atoms with Gasteiger partial charge in [-0.2, -0.15) is 0 Å². The lowest BCUT2D eigenvalue weighted by molar-refractivity contribution is 0.00578. The van der Waals surface area contributed by atoms with Crippen LogP contribution >= 0.6 is 0 Å². The summed E-state index contributed by atoms with van der Waals surface area (Å²) in [6.07, 6.45) is 0. The van der Waals surface area contributed by atoms with Crippen LogP contribution < -0.4 is 16.6 Å². The van der Waals surface area contributed by atoms with Gasteiger partial charge in [0.15, 0.2) is 0 Å². The smallest absolute Gasteiger partial charge is 0.465 e. The van der Waals surface area contributed by atoms with E-state index < -0.39 is 55.0 Å². The van der Waals surface area contributed by atoms with Gasteiger partial charge in [-0.15, -0.1) is 0 Å². The van der Waals surface area contributed by atoms with Crippen LogP contribution in [0.5, 0.6) is 0 Å². The first kappa shape index (κ1) is 26.3. The van der Waals surface area contributed by atoms with Crippen molar-refractivity contribution in [2.45, 2.75) is 117 Å². The van der Waals surface area contributed by atoms with Crippen molar-refractivity contribution in [1.82, 2.24) is 0 Å². The van der Waals surface area contributed by atoms with Gasteiger partial charge in [0, 0.05) is 10.8 Å². The summed E-state index contributed by atoms with van der Waals surface area (Å²) in [6.45, 7) is 24.5. The fourth-order valence-corrected chi connectivity index (χ4v) is 4.59. The van der Waals surface area contributed by atoms with E-state index >= 15 is 0 Å². The number of hydrogen-bond acceptors (Lipinski definition) is 7. The number of fused-ring (bicyclic) bond motifs is 1. The largest absolute Gasteiger partial charge is 0.532 e. The molecule has 3 aliphatic heterocycles. The van der Waals surface area contributed by atoms with Crippen LogP contribution in [0.25, 0.3) is 11.0 Å². The van der Waals surface area contributed by atoms with Gasteiger partial charge in [-0.05, 0) is 94.6 Å². The van der Waals surface area contributed by atoms with Crippen molar-refractivity contribution in [3.05, 3.63) is 18.2 Å². The van der Waals surface area contributed by atoms with Crippen LogP contribution in [0.4, 0.5) is 0 Å². The van der Waals surface area contributed by atoms with E-state index in [0.717, 1.165) is 16.3 Å². The number of benzene rings is 1. The van der Waals surface area contributed by atoms with E-state index in [1.807, 2.05) is 101 Å². The van der Waals surface area contributed by atoms with Crippen LogP contribution in [0, 0.1) is 0 Å². The van der Waals surface area contributed by atoms with Gasteiger partial charge in [0.1, 0.15) is 11.2 Å². The third-order valence-electron chi connectivity index (χ3n) is 9.27. The number of rotatable bonds is 3. The Morgan fingerprint density at radius 1 is 0.472 bits per heavy atom. The molecule has 5 rings (SSSR count). The molecule has 194 valence electrons. The monoisotopic (exact) mass is 496 g/mol. The minimum atomic E-state index is -0.639. The molecule has 0 unspecified atom stereocenters. The Morgan fingerprint density at radius 3 is 1.22 bits per heavy atom. The van der Waals surface area contributed by atoms with Crippen molar-refractivity contribution < 1.29 is 32.3 Å². The zero-order valence-electron chi connectivity index (χ0n) is 23.8. The highest BCUT2D eigenvalue weighted by Crippen LogP contribution is 2.40. The number of hydrogen-bond donors (Lipinski definition) is 0. The lowest BCUT2D eigenvalue weighted by Crippen LogP contribution is -2.41. The summed E-state index contributed by atoms with van der Waals surface area (Å²) < 4.78 is 44.7. The molecule has 3 fully saturated rings. The highest BCUT2D eigenvalue weighted by molar-refractivity contribution is 6.69. The second kappa shape index (κ2) is 7.64. The zero-order valence-corrected chi connectivity index (χ0v) is 23.8. The van der Waals surface area contributed by atoms with Crippen LogP contribution in [-0.4, -0.2) is 55.0 Å². The predicted octanol–water partition coefficient (Wildman–Crippen LogP) is 3.33. The molecule has 10 heteroatoms. The van der Waals surface area contributed by atoms with Crippen molar-refractivity contribution in [1.29, 1.82) is 0 Å². The van der Waals surface area contributed by atoms with Gasteiger partial charge in [0.25, 0.3) is 0 Å². The van der Waals surface area contributed by atoms with Crippen molar-refractivity contribution in [3.63, 3.8) is 0 Å². The minimum absolute atomic E-state index is 0.466. The molecule has 1 aromatic heterocycles. The SMILES string of the molecule is CC1(C)OB(c2cc3c(B4OC(C)(C)C(C)(C)O4)ccc(B4OC(C)(C)C(C)(C)O4)c3o2)OC1(C)C. The molecule has 0 amide bonds. The lowest BCUT2D eigenvalue weighted by atomic mass is 9.71. The van der Waals surface area contributed by atoms with Gasteiger partial charge in [0.2, 0.25) is 0 Å². The Hall–Kier alpha value is -1.29. The molecule has 0 N–H and O–H groups in total. The summed E-state index contributed by atoms with van der Waals surface area (Å²) >= 11 is 0. The van der Waals surface area contributed by atoms with Gasteiger partial charge in [-0.3, -0.25) is 0 Å². The summed E-state index contributed by atoms with van der Waals surface area (Å²) in [5.41, 5.74) is 0.0853. The lowest BCUT2D eigenvalue weighted by Gasteiger charge is -2.32. The summed E-state index contributed by atoms with van der Waals surface area (Å²) in [7, 11) is -1.77. The van der Waals surface area contributed by atoms with Crippen LogP contribution in [0.2, 0.25) is 0 Å². The van der Waals surface area contributed by atoms with Gasteiger partial charge < -0.3 is 32.3 Å². The molecule has 0 radical (unpaired) electrons. The number of furan rings is 1. The normalized spacial score (nSPS) is 27.4. The van der Waals surface area contributed by atoms with E-state index in [-0.39, 0.29) is 0 Å². The van der Waals surface area contributed by atoms with Crippen LogP contribution in [0.1, 0.15) is 83.1 Å². The molecule has 3 saturated heterocycles. The van der Waals surface area contributed by atoms with E-state index in [9.17, 15) is 0 Å². The first-order chi connectivity index (χ1) is 16.3. The molecular formula is C26H39B3O7. The Morgan fingerprint density at radius 2 is 0.806 bits per heavy atom. The quantitative estimate of drug-likeness (QED) is 0.605. The average molecular weight is 496 g/mol. The summed E-state index contributed by atoms with van der Waals surface area (Å²) in [5, 5.41) is 0.866. The maximum absolute atomic E-state index is 6.50. The Kier molecular flexibility index (Phi) is 5.59. The minimum Gasteiger partial charge on any atom is -0.465 e. The van der Waals surface area contributed by atoms with Crippen LogP contribution in [-0.2, 0) is 27.9 Å². The zero-order chi connectivity index (χ0) is 26.7. The highest BCUT2D eigenvalue weighted by atomic mass is 16.7. The standard InChI is InChI=1S/C26H39B3O7/c1-21(2)22(3,4)32-27(31-21)17-13-14-18(28-33-23(5,6)24(7,8)34-28)20-16(17)15-19(30-20)29-35-25(9,10)26(11,12)36-29/h13-15H,1-12H3. The molecule has 0 atom stereocenters. The van der Waals surface area contributed by atoms with Crippen LogP contribution in [0.3, 0.4) is 0 Å². The Labute approximate surface area is 216 Å². The highest BCUT2D eigenvalue weighted by Gasteiger charge is 2.56. The molecular weight excluding hydrogens is 457 g/mol. The van der Waals surface area contributed by atoms with Crippen molar-refractivity contribution in [2.24, 2.45) is 0 Å². The molecule has 0 spiro atoms. The molecule has 3 aliphatic rings. The van der Waals surface area contributed by atoms with E-state index in [0.29, 0.717) is 11.2 Å². The predicted molar refractivity (Wildman–Crippen MR) is 143 cm³/mol. The summed E-state index contributed by atoms with van der Waals surface area (Å²) in [6, 6.07) is 5.99. The van der Waals surface area contributed by atoms with E-state index in [4.69, 9.17) is 32.3 Å². The summed E-state index contributed by atoms with van der Waals surface area (Å²) in [4.78, 5) is 0. The van der Waals surface area contributed by atoms with Crippen molar-refractivity contribution >= 4 is 48.9 Å². The first-order valence-corrected chi connectivity index (χ1v) is 12.9. The van der Waals surface area contributed by atoms with Gasteiger partial charge in [-0.25, -0.2) is 0 Å². The molecule has 1 aromatic carbocycles. The second-order valence-electron chi connectivity index (χ2n) is 13.4. The molecule has 36 heavy (non-hydrogen) atoms. The van der Waals surface area contributed by atoms with E-state index in [1.54, 1.807) is 0 Å². The van der Waals surface area contributed by atoms with Gasteiger partial charge >= 0.3 is 21.4 Å². The molecule has 2 aromatic rings. The summed E-state index contributed by atoms with van der Waals surface area (Å²) in [5.74, 6) is 0. The topological polar surface area (TPSA) is 68.5 Å². The van der Waals surface area contributed by atoms with Crippen LogP contribution in [0.15, 0.2) is 22.6 Å². The van der Waals surface area contributed by atoms with Gasteiger partial charge in [-0.1, -0.05) is 12.1 Å². The third-order valence-corrected chi connectivity index (χ3v) is 9.27. The van der Waals surface area contributed by atoms with E-state index in [2.05, 4.69) is 0 Å². The fraction of sp³-hybridized carbons (Fsp3) is 0.692. The van der Waals surface area contributed by atoms with E-state index in [1.165, 1.54) is 0 Å². The Bertz CT molecular complexity index is 1080.